The Morgan fingerprint density at radius 3 is 2.92 bits per heavy atom. The van der Waals surface area contributed by atoms with Crippen molar-refractivity contribution in [3.8, 4) is 0 Å². The number of rotatable bonds is 0. The van der Waals surface area contributed by atoms with Crippen LogP contribution in [0.4, 0.5) is 4.39 Å². The van der Waals surface area contributed by atoms with Gasteiger partial charge in [0.25, 0.3) is 0 Å². The molecule has 0 fully saturated rings. The molecule has 0 saturated heterocycles. The SMILES string of the molecule is O=c1ccoc2c(Cl)cc(F)cc12. The molecule has 1 aromatic heterocycles. The summed E-state index contributed by atoms with van der Waals surface area (Å²) in [5.41, 5.74) is -0.0850. The summed E-state index contributed by atoms with van der Waals surface area (Å²) in [5.74, 6) is -0.545. The molecule has 2 aromatic rings. The average molecular weight is 199 g/mol. The third kappa shape index (κ3) is 1.31. The van der Waals surface area contributed by atoms with Crippen LogP contribution in [-0.2, 0) is 0 Å². The van der Waals surface area contributed by atoms with Crippen molar-refractivity contribution in [2.24, 2.45) is 0 Å². The van der Waals surface area contributed by atoms with Crippen molar-refractivity contribution in [3.63, 3.8) is 0 Å². The van der Waals surface area contributed by atoms with E-state index in [0.29, 0.717) is 0 Å². The second-order valence-corrected chi connectivity index (χ2v) is 2.96. The van der Waals surface area contributed by atoms with Gasteiger partial charge >= 0.3 is 0 Å². The van der Waals surface area contributed by atoms with Crippen LogP contribution in [0.3, 0.4) is 0 Å². The van der Waals surface area contributed by atoms with E-state index in [1.54, 1.807) is 0 Å². The van der Waals surface area contributed by atoms with Crippen molar-refractivity contribution < 1.29 is 8.81 Å². The van der Waals surface area contributed by atoms with Gasteiger partial charge in [-0.05, 0) is 12.1 Å². The summed E-state index contributed by atoms with van der Waals surface area (Å²) in [6.45, 7) is 0. The van der Waals surface area contributed by atoms with Gasteiger partial charge in [0, 0.05) is 6.07 Å². The Labute approximate surface area is 77.5 Å². The van der Waals surface area contributed by atoms with Crippen LogP contribution in [-0.4, -0.2) is 0 Å². The fraction of sp³-hybridized carbons (Fsp3) is 0. The molecule has 0 spiro atoms. The number of halogens is 2. The molecular weight excluding hydrogens is 195 g/mol. The first-order valence-electron chi connectivity index (χ1n) is 3.55. The number of hydrogen-bond donors (Lipinski definition) is 0. The van der Waals surface area contributed by atoms with Crippen LogP contribution in [0.25, 0.3) is 11.0 Å². The maximum atomic E-state index is 12.8. The monoisotopic (exact) mass is 198 g/mol. The van der Waals surface area contributed by atoms with Crippen molar-refractivity contribution in [1.82, 2.24) is 0 Å². The lowest BCUT2D eigenvalue weighted by atomic mass is 10.2. The summed E-state index contributed by atoms with van der Waals surface area (Å²) in [7, 11) is 0. The number of hydrogen-bond acceptors (Lipinski definition) is 2. The molecule has 1 aromatic carbocycles. The Bertz CT molecular complexity index is 518. The fourth-order valence-corrected chi connectivity index (χ4v) is 1.37. The Morgan fingerprint density at radius 2 is 2.15 bits per heavy atom. The standard InChI is InChI=1S/C9H4ClFO2/c10-7-4-5(11)3-6-8(12)1-2-13-9(6)7/h1-4H. The zero-order valence-electron chi connectivity index (χ0n) is 6.38. The lowest BCUT2D eigenvalue weighted by Gasteiger charge is -1.97. The average Bonchev–Trinajstić information content (AvgIpc) is 2.07. The van der Waals surface area contributed by atoms with Crippen molar-refractivity contribution in [3.05, 3.63) is 45.5 Å². The van der Waals surface area contributed by atoms with Gasteiger partial charge in [0.15, 0.2) is 11.0 Å². The van der Waals surface area contributed by atoms with Crippen LogP contribution in [0.1, 0.15) is 0 Å². The molecule has 13 heavy (non-hydrogen) atoms. The summed E-state index contributed by atoms with van der Waals surface area (Å²) in [6.07, 6.45) is 1.23. The van der Waals surface area contributed by atoms with E-state index in [1.165, 1.54) is 12.3 Å². The number of fused-ring (bicyclic) bond motifs is 1. The molecule has 0 amide bonds. The molecule has 0 bridgehead atoms. The largest absolute Gasteiger partial charge is 0.463 e. The van der Waals surface area contributed by atoms with Crippen LogP contribution in [0.15, 0.2) is 33.7 Å². The molecule has 0 aliphatic carbocycles. The fourth-order valence-electron chi connectivity index (χ4n) is 1.12. The van der Waals surface area contributed by atoms with Crippen LogP contribution in [0.5, 0.6) is 0 Å². The predicted molar refractivity (Wildman–Crippen MR) is 47.5 cm³/mol. The van der Waals surface area contributed by atoms with Gasteiger partial charge in [-0.15, -0.1) is 0 Å². The third-order valence-electron chi connectivity index (χ3n) is 1.68. The summed E-state index contributed by atoms with van der Waals surface area (Å²) in [5, 5.41) is 0.264. The normalized spacial score (nSPS) is 10.6. The molecule has 0 unspecified atom stereocenters. The second kappa shape index (κ2) is 2.85. The number of benzene rings is 1. The summed E-state index contributed by atoms with van der Waals surface area (Å²) in [4.78, 5) is 11.2. The molecule has 0 aliphatic rings. The molecule has 1 heterocycles. The predicted octanol–water partition coefficient (Wildman–Crippen LogP) is 2.59. The van der Waals surface area contributed by atoms with E-state index in [-0.39, 0.29) is 21.4 Å². The van der Waals surface area contributed by atoms with E-state index < -0.39 is 5.82 Å². The zero-order valence-corrected chi connectivity index (χ0v) is 7.14. The first-order valence-corrected chi connectivity index (χ1v) is 3.93. The summed E-state index contributed by atoms with van der Waals surface area (Å²) in [6, 6.07) is 3.43. The van der Waals surface area contributed by atoms with E-state index in [9.17, 15) is 9.18 Å². The minimum absolute atomic E-state index is 0.104. The third-order valence-corrected chi connectivity index (χ3v) is 1.96. The highest BCUT2D eigenvalue weighted by molar-refractivity contribution is 6.34. The molecule has 2 rings (SSSR count). The molecule has 66 valence electrons. The summed E-state index contributed by atoms with van der Waals surface area (Å²) < 4.78 is 17.8. The maximum absolute atomic E-state index is 12.8. The summed E-state index contributed by atoms with van der Waals surface area (Å²) >= 11 is 5.66. The Morgan fingerprint density at radius 1 is 1.38 bits per heavy atom. The van der Waals surface area contributed by atoms with Crippen LogP contribution < -0.4 is 5.43 Å². The molecule has 0 radical (unpaired) electrons. The second-order valence-electron chi connectivity index (χ2n) is 2.55. The molecule has 0 aliphatic heterocycles. The van der Waals surface area contributed by atoms with Crippen LogP contribution in [0.2, 0.25) is 5.02 Å². The highest BCUT2D eigenvalue weighted by Gasteiger charge is 2.06. The van der Waals surface area contributed by atoms with Gasteiger partial charge in [-0.3, -0.25) is 4.79 Å². The highest BCUT2D eigenvalue weighted by atomic mass is 35.5. The first kappa shape index (κ1) is 8.26. The highest BCUT2D eigenvalue weighted by Crippen LogP contribution is 2.21. The molecule has 0 atom stereocenters. The van der Waals surface area contributed by atoms with Gasteiger partial charge in [-0.1, -0.05) is 11.6 Å². The van der Waals surface area contributed by atoms with Gasteiger partial charge in [-0.2, -0.15) is 0 Å². The molecule has 2 nitrogen and oxygen atoms in total. The minimum Gasteiger partial charge on any atom is -0.463 e. The molecule has 0 N–H and O–H groups in total. The topological polar surface area (TPSA) is 30.2 Å². The Kier molecular flexibility index (Phi) is 1.81. The Hall–Kier alpha value is -1.35. The van der Waals surface area contributed by atoms with Gasteiger partial charge in [0.1, 0.15) is 5.82 Å². The Balaban J connectivity index is 3.03. The molecular formula is C9H4ClFO2. The first-order chi connectivity index (χ1) is 6.18. The van der Waals surface area contributed by atoms with Crippen LogP contribution >= 0.6 is 11.6 Å². The van der Waals surface area contributed by atoms with Gasteiger partial charge in [0.2, 0.25) is 0 Å². The lowest BCUT2D eigenvalue weighted by Crippen LogP contribution is -1.98. The molecule has 0 saturated carbocycles. The van der Waals surface area contributed by atoms with E-state index in [4.69, 9.17) is 16.0 Å². The van der Waals surface area contributed by atoms with Gasteiger partial charge in [0.05, 0.1) is 16.7 Å². The van der Waals surface area contributed by atoms with Crippen molar-refractivity contribution >= 4 is 22.6 Å². The van der Waals surface area contributed by atoms with Crippen LogP contribution in [0, 0.1) is 5.82 Å². The van der Waals surface area contributed by atoms with Gasteiger partial charge in [-0.25, -0.2) is 4.39 Å². The van der Waals surface area contributed by atoms with E-state index in [2.05, 4.69) is 0 Å². The van der Waals surface area contributed by atoms with Gasteiger partial charge < -0.3 is 4.42 Å². The smallest absolute Gasteiger partial charge is 0.192 e. The minimum atomic E-state index is -0.545. The van der Waals surface area contributed by atoms with Crippen molar-refractivity contribution in [2.75, 3.05) is 0 Å². The van der Waals surface area contributed by atoms with E-state index >= 15 is 0 Å². The van der Waals surface area contributed by atoms with Crippen molar-refractivity contribution in [1.29, 1.82) is 0 Å². The van der Waals surface area contributed by atoms with E-state index in [0.717, 1.165) is 12.1 Å². The zero-order chi connectivity index (χ0) is 9.42. The quantitative estimate of drug-likeness (QED) is 0.651. The van der Waals surface area contributed by atoms with E-state index in [1.807, 2.05) is 0 Å². The maximum Gasteiger partial charge on any atom is 0.192 e. The molecule has 4 heteroatoms. The lowest BCUT2D eigenvalue weighted by molar-refractivity contribution is 0.596. The van der Waals surface area contributed by atoms with Crippen molar-refractivity contribution in [2.45, 2.75) is 0 Å².